The van der Waals surface area contributed by atoms with Crippen molar-refractivity contribution in [3.8, 4) is 0 Å². The van der Waals surface area contributed by atoms with Crippen molar-refractivity contribution < 1.29 is 18.3 Å². The Kier molecular flexibility index (Phi) is 1.78. The van der Waals surface area contributed by atoms with Crippen LogP contribution in [0.15, 0.2) is 0 Å². The van der Waals surface area contributed by atoms with E-state index in [-0.39, 0.29) is 5.41 Å². The highest BCUT2D eigenvalue weighted by molar-refractivity contribution is 7.93. The first-order chi connectivity index (χ1) is 6.31. The van der Waals surface area contributed by atoms with E-state index in [0.717, 1.165) is 25.5 Å². The number of carboxylic acids is 1. The lowest BCUT2D eigenvalue weighted by Gasteiger charge is -2.57. The van der Waals surface area contributed by atoms with Gasteiger partial charge in [0, 0.05) is 6.26 Å². The molecule has 0 saturated heterocycles. The van der Waals surface area contributed by atoms with Crippen LogP contribution < -0.4 is 0 Å². The molecule has 0 aromatic heterocycles. The molecule has 2 rings (SSSR count). The molecule has 4 nitrogen and oxygen atoms in total. The van der Waals surface area contributed by atoms with Gasteiger partial charge in [-0.3, -0.25) is 4.79 Å². The molecule has 2 fully saturated rings. The van der Waals surface area contributed by atoms with E-state index in [1.54, 1.807) is 0 Å². The number of sulfone groups is 1. The van der Waals surface area contributed by atoms with Crippen molar-refractivity contribution in [2.75, 3.05) is 6.26 Å². The van der Waals surface area contributed by atoms with Gasteiger partial charge in [0.2, 0.25) is 0 Å². The maximum Gasteiger partial charge on any atom is 0.325 e. The number of aliphatic carboxylic acids is 1. The van der Waals surface area contributed by atoms with Crippen molar-refractivity contribution in [2.24, 2.45) is 5.41 Å². The van der Waals surface area contributed by atoms with Crippen LogP contribution in [-0.4, -0.2) is 30.5 Å². The summed E-state index contributed by atoms with van der Waals surface area (Å²) in [4.78, 5) is 11.0. The van der Waals surface area contributed by atoms with Crippen molar-refractivity contribution in [2.45, 2.75) is 36.9 Å². The van der Waals surface area contributed by atoms with Gasteiger partial charge in [-0.15, -0.1) is 0 Å². The minimum absolute atomic E-state index is 0.0570. The zero-order chi connectivity index (χ0) is 10.6. The molecule has 0 aromatic carbocycles. The molecule has 0 bridgehead atoms. The second kappa shape index (κ2) is 2.51. The second-order valence-electron chi connectivity index (χ2n) is 4.78. The largest absolute Gasteiger partial charge is 0.480 e. The summed E-state index contributed by atoms with van der Waals surface area (Å²) in [5.74, 6) is -1.17. The minimum Gasteiger partial charge on any atom is -0.480 e. The Bertz CT molecular complexity index is 370. The molecule has 0 aliphatic heterocycles. The lowest BCUT2D eigenvalue weighted by molar-refractivity contribution is -0.150. The molecule has 0 unspecified atom stereocenters. The topological polar surface area (TPSA) is 71.4 Å². The van der Waals surface area contributed by atoms with E-state index in [2.05, 4.69) is 0 Å². The lowest BCUT2D eigenvalue weighted by atomic mass is 9.51. The molecule has 1 N–H and O–H groups in total. The molecule has 14 heavy (non-hydrogen) atoms. The van der Waals surface area contributed by atoms with Crippen LogP contribution in [0.25, 0.3) is 0 Å². The Morgan fingerprint density at radius 1 is 1.29 bits per heavy atom. The first-order valence-corrected chi connectivity index (χ1v) is 6.64. The van der Waals surface area contributed by atoms with E-state index >= 15 is 0 Å². The first-order valence-electron chi connectivity index (χ1n) is 4.74. The van der Waals surface area contributed by atoms with Gasteiger partial charge in [-0.25, -0.2) is 8.42 Å². The van der Waals surface area contributed by atoms with Crippen molar-refractivity contribution in [3.05, 3.63) is 0 Å². The summed E-state index contributed by atoms with van der Waals surface area (Å²) >= 11 is 0. The fourth-order valence-corrected chi connectivity index (χ4v) is 4.22. The minimum atomic E-state index is -3.47. The molecular weight excluding hydrogens is 204 g/mol. The number of hydrogen-bond acceptors (Lipinski definition) is 3. The quantitative estimate of drug-likeness (QED) is 0.744. The summed E-state index contributed by atoms with van der Waals surface area (Å²) in [6.07, 6.45) is 4.80. The van der Waals surface area contributed by atoms with E-state index < -0.39 is 20.6 Å². The summed E-state index contributed by atoms with van der Waals surface area (Å²) in [5.41, 5.74) is 0.0570. The number of carboxylic acid groups (broad SMARTS) is 1. The maximum absolute atomic E-state index is 11.4. The third kappa shape index (κ3) is 1.05. The third-order valence-corrected chi connectivity index (χ3v) is 5.72. The summed E-state index contributed by atoms with van der Waals surface area (Å²) in [6, 6.07) is 0. The van der Waals surface area contributed by atoms with Crippen LogP contribution in [0, 0.1) is 5.41 Å². The summed E-state index contributed by atoms with van der Waals surface area (Å²) in [6.45, 7) is 0. The Hall–Kier alpha value is -0.580. The van der Waals surface area contributed by atoms with E-state index in [1.165, 1.54) is 0 Å². The first kappa shape index (κ1) is 9.96. The van der Waals surface area contributed by atoms with Crippen molar-refractivity contribution >= 4 is 15.8 Å². The van der Waals surface area contributed by atoms with Crippen LogP contribution in [0.5, 0.6) is 0 Å². The molecule has 2 aliphatic carbocycles. The fourth-order valence-electron chi connectivity index (χ4n) is 2.76. The molecule has 0 radical (unpaired) electrons. The Balaban J connectivity index is 2.26. The zero-order valence-electron chi connectivity index (χ0n) is 8.12. The molecule has 0 aromatic rings. The van der Waals surface area contributed by atoms with Gasteiger partial charge in [-0.1, -0.05) is 6.42 Å². The smallest absolute Gasteiger partial charge is 0.325 e. The van der Waals surface area contributed by atoms with Gasteiger partial charge in [0.15, 0.2) is 14.6 Å². The molecule has 80 valence electrons. The van der Waals surface area contributed by atoms with Gasteiger partial charge in [0.1, 0.15) is 0 Å². The monoisotopic (exact) mass is 218 g/mol. The standard InChI is InChI=1S/C9H14O4S/c1-14(12,13)9(7(10)11)5-8(6-9)3-2-4-8/h2-6H2,1H3,(H,10,11). The van der Waals surface area contributed by atoms with Gasteiger partial charge in [-0.2, -0.15) is 0 Å². The second-order valence-corrected chi connectivity index (χ2v) is 7.10. The molecule has 0 heterocycles. The van der Waals surface area contributed by atoms with E-state index in [0.29, 0.717) is 12.8 Å². The fraction of sp³-hybridized carbons (Fsp3) is 0.889. The highest BCUT2D eigenvalue weighted by atomic mass is 32.2. The average molecular weight is 218 g/mol. The molecule has 2 aliphatic rings. The predicted octanol–water partition coefficient (Wildman–Crippen LogP) is 0.818. The highest BCUT2D eigenvalue weighted by Crippen LogP contribution is 2.62. The van der Waals surface area contributed by atoms with E-state index in [4.69, 9.17) is 5.11 Å². The normalized spacial score (nSPS) is 27.8. The highest BCUT2D eigenvalue weighted by Gasteiger charge is 2.66. The predicted molar refractivity (Wildman–Crippen MR) is 50.7 cm³/mol. The van der Waals surface area contributed by atoms with Crippen LogP contribution in [0.1, 0.15) is 32.1 Å². The van der Waals surface area contributed by atoms with Gasteiger partial charge in [0.25, 0.3) is 0 Å². The molecule has 1 spiro atoms. The Labute approximate surface area is 83.2 Å². The van der Waals surface area contributed by atoms with Gasteiger partial charge in [0.05, 0.1) is 0 Å². The molecule has 2 saturated carbocycles. The van der Waals surface area contributed by atoms with Crippen LogP contribution in [0.4, 0.5) is 0 Å². The number of carbonyl (C=O) groups is 1. The molecule has 0 atom stereocenters. The SMILES string of the molecule is CS(=O)(=O)C1(C(=O)O)CC2(CCC2)C1. The van der Waals surface area contributed by atoms with Gasteiger partial charge in [-0.05, 0) is 31.1 Å². The van der Waals surface area contributed by atoms with Gasteiger partial charge >= 0.3 is 5.97 Å². The van der Waals surface area contributed by atoms with Crippen LogP contribution in [0.3, 0.4) is 0 Å². The average Bonchev–Trinajstić information content (AvgIpc) is 1.75. The lowest BCUT2D eigenvalue weighted by Crippen LogP contribution is -2.63. The van der Waals surface area contributed by atoms with Crippen molar-refractivity contribution in [3.63, 3.8) is 0 Å². The summed E-state index contributed by atoms with van der Waals surface area (Å²) < 4.78 is 21.4. The summed E-state index contributed by atoms with van der Waals surface area (Å²) in [5, 5.41) is 8.99. The van der Waals surface area contributed by atoms with Crippen LogP contribution in [-0.2, 0) is 14.6 Å². The van der Waals surface area contributed by atoms with E-state index in [1.807, 2.05) is 0 Å². The van der Waals surface area contributed by atoms with Crippen LogP contribution in [0.2, 0.25) is 0 Å². The third-order valence-electron chi connectivity index (χ3n) is 3.83. The zero-order valence-corrected chi connectivity index (χ0v) is 8.93. The van der Waals surface area contributed by atoms with Gasteiger partial charge < -0.3 is 5.11 Å². The molecule has 0 amide bonds. The Morgan fingerprint density at radius 3 is 2.00 bits per heavy atom. The number of hydrogen-bond donors (Lipinski definition) is 1. The maximum atomic E-state index is 11.4. The van der Waals surface area contributed by atoms with Crippen molar-refractivity contribution in [1.29, 1.82) is 0 Å². The molecular formula is C9H14O4S. The van der Waals surface area contributed by atoms with E-state index in [9.17, 15) is 13.2 Å². The molecule has 5 heteroatoms. The Morgan fingerprint density at radius 2 is 1.79 bits per heavy atom. The van der Waals surface area contributed by atoms with Crippen molar-refractivity contribution in [1.82, 2.24) is 0 Å². The number of rotatable bonds is 2. The van der Waals surface area contributed by atoms with Crippen LogP contribution >= 0.6 is 0 Å². The summed E-state index contributed by atoms with van der Waals surface area (Å²) in [7, 11) is -3.47.